The summed E-state index contributed by atoms with van der Waals surface area (Å²) in [7, 11) is 0. The Hall–Kier alpha value is -2.99. The summed E-state index contributed by atoms with van der Waals surface area (Å²) in [5.74, 6) is -0.521. The van der Waals surface area contributed by atoms with Gasteiger partial charge in [0.1, 0.15) is 17.1 Å². The Morgan fingerprint density at radius 3 is 2.76 bits per heavy atom. The number of carbonyl (C=O) groups excluding carboxylic acids is 1. The number of aromatic hydroxyl groups is 1. The number of halogens is 1. The lowest BCUT2D eigenvalue weighted by Gasteiger charge is -2.13. The summed E-state index contributed by atoms with van der Waals surface area (Å²) in [6.07, 6.45) is 1.50. The summed E-state index contributed by atoms with van der Waals surface area (Å²) < 4.78 is 6.62. The number of furan rings is 1. The Labute approximate surface area is 148 Å². The molecule has 2 N–H and O–H groups in total. The SMILES string of the molecule is Cc1cc(O)c(C(=O)Nc2cccc(Cl)c2)c(=O)n1Cc1ccco1. The molecule has 0 aliphatic carbocycles. The van der Waals surface area contributed by atoms with Crippen LogP contribution in [-0.2, 0) is 6.54 Å². The molecule has 0 unspecified atom stereocenters. The fraction of sp³-hybridized carbons (Fsp3) is 0.111. The number of hydrogen-bond donors (Lipinski definition) is 2. The van der Waals surface area contributed by atoms with E-state index in [0.29, 0.717) is 22.2 Å². The third-order valence-electron chi connectivity index (χ3n) is 3.69. The highest BCUT2D eigenvalue weighted by atomic mass is 35.5. The molecule has 0 saturated heterocycles. The van der Waals surface area contributed by atoms with Crippen molar-refractivity contribution in [3.05, 3.63) is 81.1 Å². The van der Waals surface area contributed by atoms with Crippen molar-refractivity contribution in [2.45, 2.75) is 13.5 Å². The van der Waals surface area contributed by atoms with Crippen molar-refractivity contribution in [3.63, 3.8) is 0 Å². The zero-order chi connectivity index (χ0) is 18.0. The highest BCUT2D eigenvalue weighted by Crippen LogP contribution is 2.19. The van der Waals surface area contributed by atoms with E-state index in [1.165, 1.54) is 16.9 Å². The highest BCUT2D eigenvalue weighted by Gasteiger charge is 2.20. The minimum absolute atomic E-state index is 0.162. The first kappa shape index (κ1) is 16.9. The zero-order valence-electron chi connectivity index (χ0n) is 13.3. The molecule has 2 heterocycles. The lowest BCUT2D eigenvalue weighted by molar-refractivity contribution is 0.102. The number of aryl methyl sites for hydroxylation is 1. The molecule has 0 spiro atoms. The molecule has 6 nitrogen and oxygen atoms in total. The number of carbonyl (C=O) groups is 1. The van der Waals surface area contributed by atoms with Crippen molar-refractivity contribution < 1.29 is 14.3 Å². The maximum absolute atomic E-state index is 12.7. The van der Waals surface area contributed by atoms with Gasteiger partial charge >= 0.3 is 0 Å². The van der Waals surface area contributed by atoms with Gasteiger partial charge in [-0.15, -0.1) is 0 Å². The van der Waals surface area contributed by atoms with Gasteiger partial charge in [0.15, 0.2) is 0 Å². The Bertz CT molecular complexity index is 977. The Morgan fingerprint density at radius 2 is 2.08 bits per heavy atom. The number of hydrogen-bond acceptors (Lipinski definition) is 4. The number of benzene rings is 1. The van der Waals surface area contributed by atoms with E-state index in [0.717, 1.165) is 0 Å². The van der Waals surface area contributed by atoms with Crippen LogP contribution in [0.1, 0.15) is 21.8 Å². The van der Waals surface area contributed by atoms with Crippen LogP contribution in [-0.4, -0.2) is 15.6 Å². The minimum Gasteiger partial charge on any atom is -0.507 e. The predicted molar refractivity (Wildman–Crippen MR) is 94.3 cm³/mol. The van der Waals surface area contributed by atoms with Crippen LogP contribution in [0.2, 0.25) is 5.02 Å². The van der Waals surface area contributed by atoms with Crippen molar-refractivity contribution >= 4 is 23.2 Å². The van der Waals surface area contributed by atoms with E-state index in [1.54, 1.807) is 43.3 Å². The first-order chi connectivity index (χ1) is 12.0. The molecule has 0 radical (unpaired) electrons. The van der Waals surface area contributed by atoms with E-state index in [9.17, 15) is 14.7 Å². The molecule has 7 heteroatoms. The number of nitrogens with one attached hydrogen (secondary N) is 1. The van der Waals surface area contributed by atoms with Crippen LogP contribution in [0, 0.1) is 6.92 Å². The first-order valence-corrected chi connectivity index (χ1v) is 7.86. The maximum Gasteiger partial charge on any atom is 0.267 e. The lowest BCUT2D eigenvalue weighted by Crippen LogP contribution is -2.30. The molecule has 3 rings (SSSR count). The van der Waals surface area contributed by atoms with Gasteiger partial charge in [-0.1, -0.05) is 17.7 Å². The molecule has 0 saturated carbocycles. The zero-order valence-corrected chi connectivity index (χ0v) is 14.1. The second-order valence-corrected chi connectivity index (χ2v) is 5.92. The van der Waals surface area contributed by atoms with Gasteiger partial charge < -0.3 is 19.4 Å². The van der Waals surface area contributed by atoms with E-state index in [4.69, 9.17) is 16.0 Å². The average Bonchev–Trinajstić information content (AvgIpc) is 3.04. The van der Waals surface area contributed by atoms with Crippen molar-refractivity contribution in [1.29, 1.82) is 0 Å². The largest absolute Gasteiger partial charge is 0.507 e. The molecule has 0 fully saturated rings. The number of pyridine rings is 1. The molecule has 1 amide bonds. The monoisotopic (exact) mass is 358 g/mol. The van der Waals surface area contributed by atoms with Gasteiger partial charge in [-0.05, 0) is 37.3 Å². The predicted octanol–water partition coefficient (Wildman–Crippen LogP) is 3.41. The van der Waals surface area contributed by atoms with Crippen molar-refractivity contribution in [2.75, 3.05) is 5.32 Å². The van der Waals surface area contributed by atoms with E-state index in [-0.39, 0.29) is 17.9 Å². The molecule has 1 aromatic carbocycles. The molecule has 0 aliphatic heterocycles. The molecule has 3 aromatic rings. The van der Waals surface area contributed by atoms with Gasteiger partial charge in [0, 0.05) is 22.5 Å². The molecule has 25 heavy (non-hydrogen) atoms. The number of nitrogens with zero attached hydrogens (tertiary/aromatic N) is 1. The number of rotatable bonds is 4. The summed E-state index contributed by atoms with van der Waals surface area (Å²) in [6.45, 7) is 1.83. The van der Waals surface area contributed by atoms with Crippen LogP contribution >= 0.6 is 11.6 Å². The molecular weight excluding hydrogens is 344 g/mol. The number of aromatic nitrogens is 1. The molecular formula is C18H15ClN2O4. The first-order valence-electron chi connectivity index (χ1n) is 7.48. The summed E-state index contributed by atoms with van der Waals surface area (Å²) in [5.41, 5.74) is -0.00164. The molecule has 2 aromatic heterocycles. The number of anilines is 1. The third kappa shape index (κ3) is 3.59. The van der Waals surface area contributed by atoms with Crippen LogP contribution in [0.3, 0.4) is 0 Å². The maximum atomic E-state index is 12.7. The van der Waals surface area contributed by atoms with Crippen molar-refractivity contribution in [1.82, 2.24) is 4.57 Å². The van der Waals surface area contributed by atoms with E-state index < -0.39 is 11.5 Å². The Kier molecular flexibility index (Phi) is 4.63. The van der Waals surface area contributed by atoms with Crippen LogP contribution in [0.15, 0.2) is 57.9 Å². The summed E-state index contributed by atoms with van der Waals surface area (Å²) in [6, 6.07) is 11.3. The lowest BCUT2D eigenvalue weighted by atomic mass is 10.2. The smallest absolute Gasteiger partial charge is 0.267 e. The summed E-state index contributed by atoms with van der Waals surface area (Å²) in [5, 5.41) is 13.1. The van der Waals surface area contributed by atoms with E-state index in [2.05, 4.69) is 5.32 Å². The number of amides is 1. The van der Waals surface area contributed by atoms with Gasteiger partial charge in [-0.2, -0.15) is 0 Å². The standard InChI is InChI=1S/C18H15ClN2O4/c1-11-8-15(22)16(17(23)20-13-5-2-4-12(19)9-13)18(24)21(11)10-14-6-3-7-25-14/h2-9,22H,10H2,1H3,(H,20,23). The highest BCUT2D eigenvalue weighted by molar-refractivity contribution is 6.31. The Balaban J connectivity index is 1.98. The third-order valence-corrected chi connectivity index (χ3v) is 3.93. The molecule has 128 valence electrons. The quantitative estimate of drug-likeness (QED) is 0.748. The van der Waals surface area contributed by atoms with Gasteiger partial charge in [0.05, 0.1) is 12.8 Å². The van der Waals surface area contributed by atoms with Crippen molar-refractivity contribution in [2.24, 2.45) is 0 Å². The van der Waals surface area contributed by atoms with Crippen LogP contribution in [0.5, 0.6) is 5.75 Å². The van der Waals surface area contributed by atoms with Crippen LogP contribution in [0.4, 0.5) is 5.69 Å². The topological polar surface area (TPSA) is 84.5 Å². The van der Waals surface area contributed by atoms with Gasteiger partial charge in [-0.25, -0.2) is 0 Å². The molecule has 0 aliphatic rings. The fourth-order valence-corrected chi connectivity index (χ4v) is 2.67. The summed E-state index contributed by atoms with van der Waals surface area (Å²) >= 11 is 5.89. The van der Waals surface area contributed by atoms with Gasteiger partial charge in [-0.3, -0.25) is 9.59 Å². The molecule has 0 bridgehead atoms. The van der Waals surface area contributed by atoms with E-state index in [1.807, 2.05) is 0 Å². The second kappa shape index (κ2) is 6.86. The Morgan fingerprint density at radius 1 is 1.28 bits per heavy atom. The van der Waals surface area contributed by atoms with Crippen molar-refractivity contribution in [3.8, 4) is 5.75 Å². The normalized spacial score (nSPS) is 10.6. The van der Waals surface area contributed by atoms with E-state index >= 15 is 0 Å². The van der Waals surface area contributed by atoms with Crippen LogP contribution in [0.25, 0.3) is 0 Å². The fourth-order valence-electron chi connectivity index (χ4n) is 2.48. The van der Waals surface area contributed by atoms with Crippen LogP contribution < -0.4 is 10.9 Å². The average molecular weight is 359 g/mol. The minimum atomic E-state index is -0.710. The van der Waals surface area contributed by atoms with Gasteiger partial charge in [0.25, 0.3) is 11.5 Å². The second-order valence-electron chi connectivity index (χ2n) is 5.48. The summed E-state index contributed by atoms with van der Waals surface area (Å²) in [4.78, 5) is 25.2. The molecule has 0 atom stereocenters. The van der Waals surface area contributed by atoms with Gasteiger partial charge in [0.2, 0.25) is 0 Å².